The Morgan fingerprint density at radius 2 is 2.19 bits per heavy atom. The van der Waals surface area contributed by atoms with Crippen molar-refractivity contribution in [1.82, 2.24) is 4.98 Å². The van der Waals surface area contributed by atoms with Crippen LogP contribution in [-0.4, -0.2) is 37.8 Å². The first kappa shape index (κ1) is 16.1. The van der Waals surface area contributed by atoms with Gasteiger partial charge in [-0.1, -0.05) is 0 Å². The number of aryl methyl sites for hydroxylation is 2. The number of carbonyl (C=O) groups is 1. The van der Waals surface area contributed by atoms with Crippen molar-refractivity contribution in [2.75, 3.05) is 32.2 Å². The van der Waals surface area contributed by atoms with E-state index in [1.165, 1.54) is 21.1 Å². The normalized spacial score (nSPS) is 10.8. The van der Waals surface area contributed by atoms with Gasteiger partial charge in [-0.25, -0.2) is 4.98 Å². The Kier molecular flexibility index (Phi) is 5.86. The second kappa shape index (κ2) is 7.65. The molecule has 2 rings (SSSR count). The summed E-state index contributed by atoms with van der Waals surface area (Å²) in [5, 5.41) is 5.29. The molecule has 5 nitrogen and oxygen atoms in total. The van der Waals surface area contributed by atoms with E-state index in [4.69, 9.17) is 9.47 Å². The molecule has 0 aliphatic rings. The molecule has 0 spiro atoms. The fourth-order valence-electron chi connectivity index (χ4n) is 1.80. The average Bonchev–Trinajstić information content (AvgIpc) is 3.01. The molecule has 0 bridgehead atoms. The van der Waals surface area contributed by atoms with Gasteiger partial charge in [-0.05, 0) is 19.9 Å². The second-order valence-corrected chi connectivity index (χ2v) is 6.78. The Morgan fingerprint density at radius 3 is 2.86 bits per heavy atom. The van der Waals surface area contributed by atoms with Crippen LogP contribution in [0.2, 0.25) is 0 Å². The molecule has 2 heterocycles. The van der Waals surface area contributed by atoms with E-state index in [0.717, 1.165) is 11.3 Å². The zero-order valence-electron chi connectivity index (χ0n) is 12.3. The quantitative estimate of drug-likeness (QED) is 0.794. The minimum Gasteiger partial charge on any atom is -0.382 e. The van der Waals surface area contributed by atoms with Crippen molar-refractivity contribution in [3.05, 3.63) is 21.2 Å². The minimum absolute atomic E-state index is 0.00879. The molecule has 0 radical (unpaired) electrons. The number of ether oxygens (including phenoxy) is 2. The van der Waals surface area contributed by atoms with Crippen LogP contribution in [-0.2, 0) is 14.3 Å². The number of thiazole rings is 1. The molecule has 2 aromatic heterocycles. The van der Waals surface area contributed by atoms with E-state index in [2.05, 4.69) is 30.2 Å². The number of thiophene rings is 1. The third kappa shape index (κ3) is 4.60. The molecule has 7 heteroatoms. The number of nitrogens with zero attached hydrogens (tertiary/aromatic N) is 1. The molecular formula is C14H18N2O3S2. The summed E-state index contributed by atoms with van der Waals surface area (Å²) in [6.45, 7) is 5.04. The van der Waals surface area contributed by atoms with Gasteiger partial charge in [0.25, 0.3) is 5.91 Å². The topological polar surface area (TPSA) is 60.5 Å². The highest BCUT2D eigenvalue weighted by Crippen LogP contribution is 2.32. The number of nitrogens with one attached hydrogen (secondary N) is 1. The molecule has 21 heavy (non-hydrogen) atoms. The summed E-state index contributed by atoms with van der Waals surface area (Å²) >= 11 is 3.16. The number of anilines is 1. The third-order valence-corrected chi connectivity index (χ3v) is 4.46. The number of aromatic nitrogens is 1. The lowest BCUT2D eigenvalue weighted by atomic mass is 10.2. The summed E-state index contributed by atoms with van der Waals surface area (Å²) in [6, 6.07) is 2.12. The van der Waals surface area contributed by atoms with Gasteiger partial charge in [0.15, 0.2) is 5.13 Å². The van der Waals surface area contributed by atoms with Gasteiger partial charge in [0.2, 0.25) is 0 Å². The van der Waals surface area contributed by atoms with Crippen molar-refractivity contribution in [1.29, 1.82) is 0 Å². The number of hydrogen-bond acceptors (Lipinski definition) is 6. The number of rotatable bonds is 7. The van der Waals surface area contributed by atoms with Crippen LogP contribution in [0, 0.1) is 13.8 Å². The molecule has 0 saturated carbocycles. The summed E-state index contributed by atoms with van der Waals surface area (Å²) in [7, 11) is 1.59. The highest BCUT2D eigenvalue weighted by Gasteiger charge is 2.11. The molecule has 0 fully saturated rings. The van der Waals surface area contributed by atoms with Gasteiger partial charge in [0, 0.05) is 27.8 Å². The average molecular weight is 326 g/mol. The molecule has 0 aliphatic heterocycles. The molecule has 1 N–H and O–H groups in total. The van der Waals surface area contributed by atoms with Crippen LogP contribution >= 0.6 is 22.7 Å². The van der Waals surface area contributed by atoms with Crippen molar-refractivity contribution >= 4 is 33.7 Å². The van der Waals surface area contributed by atoms with Crippen molar-refractivity contribution < 1.29 is 14.3 Å². The van der Waals surface area contributed by atoms with E-state index >= 15 is 0 Å². The van der Waals surface area contributed by atoms with Crippen molar-refractivity contribution in [3.63, 3.8) is 0 Å². The lowest BCUT2D eigenvalue weighted by molar-refractivity contribution is -0.121. The Bertz CT molecular complexity index is 607. The zero-order valence-corrected chi connectivity index (χ0v) is 13.9. The van der Waals surface area contributed by atoms with Crippen LogP contribution in [0.3, 0.4) is 0 Å². The highest BCUT2D eigenvalue weighted by molar-refractivity contribution is 7.14. The maximum absolute atomic E-state index is 11.7. The standard InChI is InChI=1S/C14H18N2O3S2/c1-9-6-11(10(2)21-9)12-8-20-14(15-12)16-13(17)7-19-5-4-18-3/h6,8H,4-5,7H2,1-3H3,(H,15,16,17). The van der Waals surface area contributed by atoms with Crippen LogP contribution in [0.4, 0.5) is 5.13 Å². The van der Waals surface area contributed by atoms with E-state index in [-0.39, 0.29) is 12.5 Å². The zero-order chi connectivity index (χ0) is 15.2. The Hall–Kier alpha value is -1.28. The lowest BCUT2D eigenvalue weighted by Crippen LogP contribution is -2.19. The maximum atomic E-state index is 11.7. The summed E-state index contributed by atoms with van der Waals surface area (Å²) < 4.78 is 10.0. The molecule has 0 atom stereocenters. The van der Waals surface area contributed by atoms with E-state index in [1.54, 1.807) is 18.4 Å². The Morgan fingerprint density at radius 1 is 1.38 bits per heavy atom. The third-order valence-electron chi connectivity index (χ3n) is 2.73. The fourth-order valence-corrected chi connectivity index (χ4v) is 3.46. The smallest absolute Gasteiger partial charge is 0.252 e. The Balaban J connectivity index is 1.91. The van der Waals surface area contributed by atoms with Gasteiger partial charge in [-0.2, -0.15) is 0 Å². The molecular weight excluding hydrogens is 308 g/mol. The second-order valence-electron chi connectivity index (χ2n) is 4.46. The van der Waals surface area contributed by atoms with E-state index in [9.17, 15) is 4.79 Å². The first-order valence-corrected chi connectivity index (χ1v) is 8.19. The van der Waals surface area contributed by atoms with Gasteiger partial charge >= 0.3 is 0 Å². The maximum Gasteiger partial charge on any atom is 0.252 e. The van der Waals surface area contributed by atoms with Crippen LogP contribution in [0.15, 0.2) is 11.4 Å². The van der Waals surface area contributed by atoms with E-state index in [0.29, 0.717) is 18.3 Å². The van der Waals surface area contributed by atoms with Crippen molar-refractivity contribution in [3.8, 4) is 11.3 Å². The molecule has 2 aromatic rings. The lowest BCUT2D eigenvalue weighted by Gasteiger charge is -2.03. The van der Waals surface area contributed by atoms with Crippen molar-refractivity contribution in [2.45, 2.75) is 13.8 Å². The summed E-state index contributed by atoms with van der Waals surface area (Å²) in [5.41, 5.74) is 2.03. The molecule has 1 amide bonds. The summed E-state index contributed by atoms with van der Waals surface area (Å²) in [6.07, 6.45) is 0. The van der Waals surface area contributed by atoms with Gasteiger partial charge < -0.3 is 9.47 Å². The number of amides is 1. The number of carbonyl (C=O) groups excluding carboxylic acids is 1. The van der Waals surface area contributed by atoms with Gasteiger partial charge in [-0.3, -0.25) is 10.1 Å². The van der Waals surface area contributed by atoms with Crippen molar-refractivity contribution in [2.24, 2.45) is 0 Å². The fraction of sp³-hybridized carbons (Fsp3) is 0.429. The van der Waals surface area contributed by atoms with Crippen LogP contribution in [0.1, 0.15) is 9.75 Å². The number of methoxy groups -OCH3 is 1. The van der Waals surface area contributed by atoms with Crippen LogP contribution in [0.25, 0.3) is 11.3 Å². The van der Waals surface area contributed by atoms with E-state index < -0.39 is 0 Å². The minimum atomic E-state index is -0.203. The van der Waals surface area contributed by atoms with Crippen LogP contribution < -0.4 is 5.32 Å². The van der Waals surface area contributed by atoms with Crippen LogP contribution in [0.5, 0.6) is 0 Å². The van der Waals surface area contributed by atoms with Gasteiger partial charge in [0.05, 0.1) is 18.9 Å². The highest BCUT2D eigenvalue weighted by atomic mass is 32.1. The number of hydrogen-bond donors (Lipinski definition) is 1. The largest absolute Gasteiger partial charge is 0.382 e. The van der Waals surface area contributed by atoms with E-state index in [1.807, 2.05) is 5.38 Å². The molecule has 0 unspecified atom stereocenters. The molecule has 0 aromatic carbocycles. The molecule has 0 saturated heterocycles. The predicted molar refractivity (Wildman–Crippen MR) is 86.2 cm³/mol. The molecule has 114 valence electrons. The SMILES string of the molecule is COCCOCC(=O)Nc1nc(-c2cc(C)sc2C)cs1. The first-order valence-electron chi connectivity index (χ1n) is 6.49. The van der Waals surface area contributed by atoms with Gasteiger partial charge in [-0.15, -0.1) is 22.7 Å². The first-order chi connectivity index (χ1) is 10.1. The molecule has 0 aliphatic carbocycles. The van der Waals surface area contributed by atoms with Gasteiger partial charge in [0.1, 0.15) is 6.61 Å². The monoisotopic (exact) mass is 326 g/mol. The summed E-state index contributed by atoms with van der Waals surface area (Å²) in [5.74, 6) is -0.203. The predicted octanol–water partition coefficient (Wildman–Crippen LogP) is 3.09. The summed E-state index contributed by atoms with van der Waals surface area (Å²) in [4.78, 5) is 18.6. The Labute approximate surface area is 131 Å².